The monoisotopic (exact) mass is 559 g/mol. The fraction of sp³-hybridized carbons (Fsp3) is 0.417. The zero-order chi connectivity index (χ0) is 29.2. The van der Waals surface area contributed by atoms with Crippen LogP contribution < -0.4 is 4.31 Å². The molecule has 0 radical (unpaired) electrons. The van der Waals surface area contributed by atoms with Crippen LogP contribution in [0.15, 0.2) is 30.3 Å². The van der Waals surface area contributed by atoms with Crippen LogP contribution in [0.1, 0.15) is 43.9 Å². The summed E-state index contributed by atoms with van der Waals surface area (Å²) >= 11 is 0. The van der Waals surface area contributed by atoms with Gasteiger partial charge in [0.15, 0.2) is 0 Å². The van der Waals surface area contributed by atoms with Crippen molar-refractivity contribution >= 4 is 34.2 Å². The van der Waals surface area contributed by atoms with Crippen LogP contribution in [0.25, 0.3) is 17.3 Å². The Hall–Kier alpha value is -3.49. The first-order chi connectivity index (χ1) is 17.6. The molecular formula is C24H31F2N3O8S. The predicted molar refractivity (Wildman–Crippen MR) is 136 cm³/mol. The van der Waals surface area contributed by atoms with Crippen molar-refractivity contribution in [2.45, 2.75) is 44.8 Å². The highest BCUT2D eigenvalue weighted by Crippen LogP contribution is 2.31. The molecule has 2 rings (SSSR count). The highest BCUT2D eigenvalue weighted by atomic mass is 32.2. The first-order valence-corrected chi connectivity index (χ1v) is 13.0. The van der Waals surface area contributed by atoms with E-state index in [-0.39, 0.29) is 18.3 Å². The summed E-state index contributed by atoms with van der Waals surface area (Å²) in [5, 5.41) is 28.8. The van der Waals surface area contributed by atoms with Crippen LogP contribution in [-0.2, 0) is 19.6 Å². The average Bonchev–Trinajstić information content (AvgIpc) is 2.81. The fourth-order valence-electron chi connectivity index (χ4n) is 3.05. The summed E-state index contributed by atoms with van der Waals surface area (Å²) in [7, 11) is -1.35. The highest BCUT2D eigenvalue weighted by molar-refractivity contribution is 7.92. The number of hydrogen-bond acceptors (Lipinski definition) is 9. The first-order valence-electron chi connectivity index (χ1n) is 11.2. The van der Waals surface area contributed by atoms with Crippen LogP contribution >= 0.6 is 0 Å². The van der Waals surface area contributed by atoms with E-state index >= 15 is 0 Å². The minimum absolute atomic E-state index is 0.0601. The van der Waals surface area contributed by atoms with E-state index in [4.69, 9.17) is 9.90 Å². The Kier molecular flexibility index (Phi) is 12.4. The molecule has 0 aliphatic carbocycles. The topological polar surface area (TPSA) is 167 Å². The van der Waals surface area contributed by atoms with Gasteiger partial charge in [0.1, 0.15) is 5.82 Å². The average molecular weight is 560 g/mol. The Morgan fingerprint density at radius 2 is 1.71 bits per heavy atom. The smallest absolute Gasteiger partial charge is 0.481 e. The number of ether oxygens (including phenoxy) is 1. The van der Waals surface area contributed by atoms with Crippen molar-refractivity contribution in [3.05, 3.63) is 47.4 Å². The standard InChI is InChI=1S/C22H28FN3O6S.C2H3FO2/c1-13(2)20-18(10-9-16(27)11-17(28)12-19(29)30)21(14-5-7-15(23)8-6-14)25-22(24-20)26(3)33(4,31)32;1-5-2(3)4/h5-10,13,16-17,27-28H,11-12H2,1-4H3,(H,29,30);1H3/b10-9+;. The maximum Gasteiger partial charge on any atom is 0.495 e. The lowest BCUT2D eigenvalue weighted by atomic mass is 9.97. The summed E-state index contributed by atoms with van der Waals surface area (Å²) in [6, 6.07) is 5.49. The van der Waals surface area contributed by atoms with Gasteiger partial charge >= 0.3 is 12.2 Å². The molecule has 210 valence electrons. The van der Waals surface area contributed by atoms with Gasteiger partial charge in [0.05, 0.1) is 43.4 Å². The molecule has 0 saturated carbocycles. The zero-order valence-electron chi connectivity index (χ0n) is 21.5. The van der Waals surface area contributed by atoms with E-state index in [1.807, 2.05) is 13.8 Å². The number of anilines is 1. The van der Waals surface area contributed by atoms with E-state index in [0.29, 0.717) is 22.5 Å². The second-order valence-corrected chi connectivity index (χ2v) is 10.4. The largest absolute Gasteiger partial charge is 0.495 e. The third kappa shape index (κ3) is 10.5. The Bertz CT molecular complexity index is 1240. The SMILES string of the molecule is CC(C)c1nc(N(C)S(C)(=O)=O)nc(-c2ccc(F)cc2)c1/C=C/C(O)CC(O)CC(=O)O.COC(=O)F. The summed E-state index contributed by atoms with van der Waals surface area (Å²) in [4.78, 5) is 28.5. The van der Waals surface area contributed by atoms with Gasteiger partial charge in [0.2, 0.25) is 16.0 Å². The minimum atomic E-state index is -3.65. The number of methoxy groups -OCH3 is 1. The lowest BCUT2D eigenvalue weighted by Gasteiger charge is -2.20. The van der Waals surface area contributed by atoms with Crippen molar-refractivity contribution in [1.82, 2.24) is 9.97 Å². The number of benzene rings is 1. The summed E-state index contributed by atoms with van der Waals surface area (Å²) < 4.78 is 52.6. The summed E-state index contributed by atoms with van der Waals surface area (Å²) in [6.45, 7) is 3.71. The molecule has 0 aliphatic rings. The van der Waals surface area contributed by atoms with Gasteiger partial charge in [-0.1, -0.05) is 26.0 Å². The van der Waals surface area contributed by atoms with E-state index in [0.717, 1.165) is 17.7 Å². The molecule has 1 aromatic carbocycles. The van der Waals surface area contributed by atoms with Crippen molar-refractivity contribution in [2.24, 2.45) is 0 Å². The Labute approximate surface area is 219 Å². The zero-order valence-corrected chi connectivity index (χ0v) is 22.3. The lowest BCUT2D eigenvalue weighted by Crippen LogP contribution is -2.27. The van der Waals surface area contributed by atoms with Gasteiger partial charge in [-0.15, -0.1) is 4.39 Å². The van der Waals surface area contributed by atoms with Gasteiger partial charge in [-0.2, -0.15) is 0 Å². The number of rotatable bonds is 10. The number of aliphatic hydroxyl groups excluding tert-OH is 2. The fourth-order valence-corrected chi connectivity index (χ4v) is 3.42. The molecule has 14 heteroatoms. The molecule has 0 fully saturated rings. The van der Waals surface area contributed by atoms with E-state index < -0.39 is 46.7 Å². The van der Waals surface area contributed by atoms with E-state index in [2.05, 4.69) is 14.7 Å². The van der Waals surface area contributed by atoms with Crippen LogP contribution in [0.3, 0.4) is 0 Å². The number of aromatic nitrogens is 2. The molecule has 0 bridgehead atoms. The quantitative estimate of drug-likeness (QED) is 0.368. The molecule has 0 spiro atoms. The van der Waals surface area contributed by atoms with Gasteiger partial charge in [0.25, 0.3) is 0 Å². The predicted octanol–water partition coefficient (Wildman–Crippen LogP) is 3.12. The molecule has 1 aromatic heterocycles. The summed E-state index contributed by atoms with van der Waals surface area (Å²) in [6.07, 6.45) is -0.886. The van der Waals surface area contributed by atoms with Crippen molar-refractivity contribution < 1.29 is 46.8 Å². The van der Waals surface area contributed by atoms with Gasteiger partial charge in [-0.25, -0.2) is 31.9 Å². The molecule has 38 heavy (non-hydrogen) atoms. The van der Waals surface area contributed by atoms with Crippen molar-refractivity contribution in [3.8, 4) is 11.3 Å². The number of carbonyl (C=O) groups is 2. The first kappa shape index (κ1) is 32.5. The molecule has 2 unspecified atom stereocenters. The van der Waals surface area contributed by atoms with Crippen LogP contribution in [-0.4, -0.2) is 78.5 Å². The molecule has 0 saturated heterocycles. The maximum atomic E-state index is 13.5. The Morgan fingerprint density at radius 1 is 1.16 bits per heavy atom. The number of hydrogen-bond donors (Lipinski definition) is 3. The minimum Gasteiger partial charge on any atom is -0.481 e. The second kappa shape index (κ2) is 14.4. The normalized spacial score (nSPS) is 13.0. The summed E-state index contributed by atoms with van der Waals surface area (Å²) in [5.74, 6) is -1.87. The lowest BCUT2D eigenvalue weighted by molar-refractivity contribution is -0.139. The van der Waals surface area contributed by atoms with Gasteiger partial charge in [-0.3, -0.25) is 4.79 Å². The summed E-state index contributed by atoms with van der Waals surface area (Å²) in [5.41, 5.74) is 1.80. The molecular weight excluding hydrogens is 528 g/mol. The highest BCUT2D eigenvalue weighted by Gasteiger charge is 2.22. The van der Waals surface area contributed by atoms with E-state index in [1.165, 1.54) is 43.5 Å². The number of sulfonamides is 1. The molecule has 2 aromatic rings. The number of carboxylic acid groups (broad SMARTS) is 1. The van der Waals surface area contributed by atoms with Crippen LogP contribution in [0, 0.1) is 5.82 Å². The van der Waals surface area contributed by atoms with Crippen molar-refractivity contribution in [2.75, 3.05) is 24.7 Å². The van der Waals surface area contributed by atoms with Crippen molar-refractivity contribution in [1.29, 1.82) is 0 Å². The molecule has 11 nitrogen and oxygen atoms in total. The van der Waals surface area contributed by atoms with Gasteiger partial charge in [-0.05, 0) is 30.2 Å². The van der Waals surface area contributed by atoms with Gasteiger partial charge in [0, 0.05) is 24.6 Å². The number of aliphatic hydroxyl groups is 2. The number of carbonyl (C=O) groups excluding carboxylic acids is 1. The van der Waals surface area contributed by atoms with Crippen LogP contribution in [0.2, 0.25) is 0 Å². The molecule has 1 heterocycles. The second-order valence-electron chi connectivity index (χ2n) is 8.42. The molecule has 0 aliphatic heterocycles. The number of nitrogens with zero attached hydrogens (tertiary/aromatic N) is 3. The Morgan fingerprint density at radius 3 is 2.16 bits per heavy atom. The van der Waals surface area contributed by atoms with E-state index in [1.54, 1.807) is 0 Å². The maximum absolute atomic E-state index is 13.5. The number of carboxylic acids is 1. The Balaban J connectivity index is 0.00000132. The van der Waals surface area contributed by atoms with Crippen LogP contribution in [0.4, 0.5) is 19.5 Å². The number of aliphatic carboxylic acids is 1. The molecule has 3 N–H and O–H groups in total. The third-order valence-corrected chi connectivity index (χ3v) is 6.13. The molecule has 0 amide bonds. The number of halogens is 2. The van der Waals surface area contributed by atoms with Crippen LogP contribution in [0.5, 0.6) is 0 Å². The van der Waals surface area contributed by atoms with Gasteiger partial charge < -0.3 is 20.1 Å². The third-order valence-electron chi connectivity index (χ3n) is 4.98. The van der Waals surface area contributed by atoms with E-state index in [9.17, 15) is 32.2 Å². The van der Waals surface area contributed by atoms with Crippen molar-refractivity contribution in [3.63, 3.8) is 0 Å². The molecule has 2 atom stereocenters.